The zero-order chi connectivity index (χ0) is 13.4. The number of hydrogen-bond donors (Lipinski definition) is 2. The van der Waals surface area contributed by atoms with Crippen LogP contribution in [0.1, 0.15) is 38.2 Å². The predicted molar refractivity (Wildman–Crippen MR) is 73.4 cm³/mol. The van der Waals surface area contributed by atoms with E-state index >= 15 is 0 Å². The Kier molecular flexibility index (Phi) is 6.44. The Hall–Kier alpha value is -1.35. The third kappa shape index (κ3) is 4.88. The van der Waals surface area contributed by atoms with E-state index in [-0.39, 0.29) is 18.4 Å². The maximum absolute atomic E-state index is 11.9. The second-order valence-electron chi connectivity index (χ2n) is 4.85. The minimum absolute atomic E-state index is 0.0675. The highest BCUT2D eigenvalue weighted by Gasteiger charge is 2.13. The van der Waals surface area contributed by atoms with Crippen LogP contribution in [0, 0.1) is 5.92 Å². The molecular formula is C15H23NO2. The molecule has 1 aromatic rings. The van der Waals surface area contributed by atoms with Crippen LogP contribution in [0.15, 0.2) is 30.3 Å². The molecule has 2 N–H and O–H groups in total. The summed E-state index contributed by atoms with van der Waals surface area (Å²) in [5.41, 5.74) is 1.04. The lowest BCUT2D eigenvalue weighted by atomic mass is 10.0. The largest absolute Gasteiger partial charge is 0.396 e. The molecule has 0 saturated carbocycles. The molecule has 1 amide bonds. The Morgan fingerprint density at radius 3 is 2.56 bits per heavy atom. The van der Waals surface area contributed by atoms with Crippen molar-refractivity contribution in [3.05, 3.63) is 35.9 Å². The van der Waals surface area contributed by atoms with Gasteiger partial charge in [-0.15, -0.1) is 0 Å². The topological polar surface area (TPSA) is 49.3 Å². The second-order valence-corrected chi connectivity index (χ2v) is 4.85. The van der Waals surface area contributed by atoms with E-state index in [0.717, 1.165) is 18.4 Å². The van der Waals surface area contributed by atoms with Crippen LogP contribution in [0.2, 0.25) is 0 Å². The number of amides is 1. The summed E-state index contributed by atoms with van der Waals surface area (Å²) in [5, 5.41) is 11.8. The van der Waals surface area contributed by atoms with E-state index in [2.05, 4.69) is 5.32 Å². The van der Waals surface area contributed by atoms with Crippen molar-refractivity contribution >= 4 is 5.91 Å². The SMILES string of the molecule is CC(CO)CCCNC(=O)C(C)c1ccccc1. The number of carbonyl (C=O) groups is 1. The first kappa shape index (κ1) is 14.7. The number of aliphatic hydroxyl groups excluding tert-OH is 1. The van der Waals surface area contributed by atoms with Gasteiger partial charge in [0.1, 0.15) is 0 Å². The van der Waals surface area contributed by atoms with Crippen molar-refractivity contribution in [1.82, 2.24) is 5.32 Å². The molecule has 0 aromatic heterocycles. The molecule has 0 saturated heterocycles. The summed E-state index contributed by atoms with van der Waals surface area (Å²) in [6.07, 6.45) is 1.85. The Morgan fingerprint density at radius 1 is 1.28 bits per heavy atom. The summed E-state index contributed by atoms with van der Waals surface area (Å²) in [5.74, 6) is 0.271. The first-order chi connectivity index (χ1) is 8.65. The third-order valence-corrected chi connectivity index (χ3v) is 3.18. The fourth-order valence-corrected chi connectivity index (χ4v) is 1.80. The van der Waals surface area contributed by atoms with E-state index in [1.807, 2.05) is 44.2 Å². The molecule has 0 aliphatic rings. The highest BCUT2D eigenvalue weighted by Crippen LogP contribution is 2.14. The van der Waals surface area contributed by atoms with E-state index in [0.29, 0.717) is 12.5 Å². The van der Waals surface area contributed by atoms with Crippen LogP contribution >= 0.6 is 0 Å². The average molecular weight is 249 g/mol. The molecule has 3 heteroatoms. The Morgan fingerprint density at radius 2 is 1.94 bits per heavy atom. The number of benzene rings is 1. The van der Waals surface area contributed by atoms with Gasteiger partial charge in [-0.1, -0.05) is 37.3 Å². The third-order valence-electron chi connectivity index (χ3n) is 3.18. The van der Waals surface area contributed by atoms with Gasteiger partial charge in [0.15, 0.2) is 0 Å². The number of rotatable bonds is 7. The fraction of sp³-hybridized carbons (Fsp3) is 0.533. The molecule has 0 heterocycles. The van der Waals surface area contributed by atoms with E-state index < -0.39 is 0 Å². The van der Waals surface area contributed by atoms with Gasteiger partial charge in [-0.2, -0.15) is 0 Å². The summed E-state index contributed by atoms with van der Waals surface area (Å²) in [4.78, 5) is 11.9. The van der Waals surface area contributed by atoms with Crippen LogP contribution in [-0.2, 0) is 4.79 Å². The molecule has 18 heavy (non-hydrogen) atoms. The molecule has 0 aliphatic carbocycles. The van der Waals surface area contributed by atoms with E-state index in [4.69, 9.17) is 5.11 Å². The molecule has 0 aliphatic heterocycles. The van der Waals surface area contributed by atoms with Crippen molar-refractivity contribution in [2.24, 2.45) is 5.92 Å². The number of carbonyl (C=O) groups excluding carboxylic acids is 1. The molecule has 0 bridgehead atoms. The maximum atomic E-state index is 11.9. The van der Waals surface area contributed by atoms with Crippen LogP contribution in [0.25, 0.3) is 0 Å². The highest BCUT2D eigenvalue weighted by molar-refractivity contribution is 5.83. The standard InChI is InChI=1S/C15H23NO2/c1-12(11-17)7-6-10-16-15(18)13(2)14-8-4-3-5-9-14/h3-5,8-9,12-13,17H,6-7,10-11H2,1-2H3,(H,16,18). The summed E-state index contributed by atoms with van der Waals surface area (Å²) < 4.78 is 0. The summed E-state index contributed by atoms with van der Waals surface area (Å²) in [6.45, 7) is 4.82. The molecule has 100 valence electrons. The van der Waals surface area contributed by atoms with Crippen LogP contribution in [0.5, 0.6) is 0 Å². The normalized spacial score (nSPS) is 13.9. The first-order valence-corrected chi connectivity index (χ1v) is 6.58. The van der Waals surface area contributed by atoms with E-state index in [1.54, 1.807) is 0 Å². The molecule has 0 spiro atoms. The average Bonchev–Trinajstić information content (AvgIpc) is 2.43. The van der Waals surface area contributed by atoms with Gasteiger partial charge in [0, 0.05) is 13.2 Å². The number of aliphatic hydroxyl groups is 1. The van der Waals surface area contributed by atoms with Gasteiger partial charge in [0.2, 0.25) is 5.91 Å². The van der Waals surface area contributed by atoms with Crippen LogP contribution in [0.3, 0.4) is 0 Å². The van der Waals surface area contributed by atoms with Crippen molar-refractivity contribution in [2.75, 3.05) is 13.2 Å². The zero-order valence-corrected chi connectivity index (χ0v) is 11.2. The Labute approximate surface area is 109 Å². The van der Waals surface area contributed by atoms with Crippen molar-refractivity contribution in [3.63, 3.8) is 0 Å². The van der Waals surface area contributed by atoms with Gasteiger partial charge in [-0.25, -0.2) is 0 Å². The zero-order valence-electron chi connectivity index (χ0n) is 11.2. The van der Waals surface area contributed by atoms with Crippen molar-refractivity contribution in [1.29, 1.82) is 0 Å². The van der Waals surface area contributed by atoms with E-state index in [9.17, 15) is 4.79 Å². The van der Waals surface area contributed by atoms with Gasteiger partial charge in [0.25, 0.3) is 0 Å². The van der Waals surface area contributed by atoms with Crippen molar-refractivity contribution in [2.45, 2.75) is 32.6 Å². The lowest BCUT2D eigenvalue weighted by Gasteiger charge is -2.13. The fourth-order valence-electron chi connectivity index (χ4n) is 1.80. The summed E-state index contributed by atoms with van der Waals surface area (Å²) in [6, 6.07) is 9.78. The molecule has 1 aromatic carbocycles. The van der Waals surface area contributed by atoms with Gasteiger partial charge < -0.3 is 10.4 Å². The van der Waals surface area contributed by atoms with Crippen LogP contribution in [0.4, 0.5) is 0 Å². The lowest BCUT2D eigenvalue weighted by Crippen LogP contribution is -2.29. The summed E-state index contributed by atoms with van der Waals surface area (Å²) in [7, 11) is 0. The maximum Gasteiger partial charge on any atom is 0.227 e. The second kappa shape index (κ2) is 7.88. The highest BCUT2D eigenvalue weighted by atomic mass is 16.3. The van der Waals surface area contributed by atoms with Crippen LogP contribution in [-0.4, -0.2) is 24.2 Å². The number of nitrogens with one attached hydrogen (secondary N) is 1. The Bertz CT molecular complexity index is 351. The van der Waals surface area contributed by atoms with Gasteiger partial charge in [-0.05, 0) is 31.2 Å². The monoisotopic (exact) mass is 249 g/mol. The summed E-state index contributed by atoms with van der Waals surface area (Å²) >= 11 is 0. The van der Waals surface area contributed by atoms with Gasteiger partial charge in [-0.3, -0.25) is 4.79 Å². The molecule has 2 unspecified atom stereocenters. The molecule has 0 radical (unpaired) electrons. The molecular weight excluding hydrogens is 226 g/mol. The van der Waals surface area contributed by atoms with Crippen molar-refractivity contribution in [3.8, 4) is 0 Å². The predicted octanol–water partition coefficient (Wildman–Crippen LogP) is 2.31. The smallest absolute Gasteiger partial charge is 0.227 e. The minimum Gasteiger partial charge on any atom is -0.396 e. The van der Waals surface area contributed by atoms with Gasteiger partial charge >= 0.3 is 0 Å². The van der Waals surface area contributed by atoms with Crippen molar-refractivity contribution < 1.29 is 9.90 Å². The number of hydrogen-bond acceptors (Lipinski definition) is 2. The molecule has 0 fully saturated rings. The molecule has 3 nitrogen and oxygen atoms in total. The lowest BCUT2D eigenvalue weighted by molar-refractivity contribution is -0.122. The van der Waals surface area contributed by atoms with Gasteiger partial charge in [0.05, 0.1) is 5.92 Å². The first-order valence-electron chi connectivity index (χ1n) is 6.58. The molecule has 2 atom stereocenters. The quantitative estimate of drug-likeness (QED) is 0.729. The minimum atomic E-state index is -0.110. The Balaban J connectivity index is 2.29. The van der Waals surface area contributed by atoms with Crippen LogP contribution < -0.4 is 5.32 Å². The van der Waals surface area contributed by atoms with E-state index in [1.165, 1.54) is 0 Å². The molecule has 1 rings (SSSR count).